The number of ether oxygens (including phenoxy) is 1. The minimum Gasteiger partial charge on any atom is -0.507 e. The number of rotatable bonds is 5. The minimum absolute atomic E-state index is 0.0812. The van der Waals surface area contributed by atoms with E-state index in [0.29, 0.717) is 29.1 Å². The van der Waals surface area contributed by atoms with Crippen molar-refractivity contribution in [2.24, 2.45) is 5.92 Å². The number of phenolic OH excluding ortho intramolecular Hbond substituents is 1. The molecule has 5 rings (SSSR count). The number of benzene rings is 1. The highest BCUT2D eigenvalue weighted by Crippen LogP contribution is 2.33. The van der Waals surface area contributed by atoms with E-state index < -0.39 is 0 Å². The molecule has 2 aromatic rings. The maximum absolute atomic E-state index is 11.3. The van der Waals surface area contributed by atoms with Crippen molar-refractivity contribution in [2.75, 3.05) is 13.6 Å². The van der Waals surface area contributed by atoms with Crippen molar-refractivity contribution in [2.45, 2.75) is 31.4 Å². The Hall–Kier alpha value is -2.93. The molecule has 3 fully saturated rings. The number of piperidine rings is 2. The summed E-state index contributed by atoms with van der Waals surface area (Å²) in [6.45, 7) is 1.01. The highest BCUT2D eigenvalue weighted by atomic mass is 16.5. The molecular formula is C21H24N4O3. The van der Waals surface area contributed by atoms with Crippen LogP contribution in [-0.2, 0) is 4.79 Å². The molecule has 0 spiro atoms. The molecule has 7 nitrogen and oxygen atoms in total. The molecule has 146 valence electrons. The van der Waals surface area contributed by atoms with Crippen molar-refractivity contribution in [3.05, 3.63) is 42.0 Å². The van der Waals surface area contributed by atoms with Gasteiger partial charge in [-0.2, -0.15) is 0 Å². The molecule has 1 amide bonds. The second-order valence-corrected chi connectivity index (χ2v) is 7.32. The normalized spacial score (nSPS) is 23.7. The highest BCUT2D eigenvalue weighted by Gasteiger charge is 2.36. The first-order valence-electron chi connectivity index (χ1n) is 9.59. The number of amides is 1. The van der Waals surface area contributed by atoms with Crippen LogP contribution in [0.2, 0.25) is 0 Å². The molecule has 1 saturated carbocycles. The van der Waals surface area contributed by atoms with Crippen LogP contribution in [0, 0.1) is 5.92 Å². The van der Waals surface area contributed by atoms with Gasteiger partial charge in [-0.15, -0.1) is 10.2 Å². The second-order valence-electron chi connectivity index (χ2n) is 7.32. The smallest absolute Gasteiger partial charge is 0.243 e. The van der Waals surface area contributed by atoms with Gasteiger partial charge in [0.2, 0.25) is 11.8 Å². The van der Waals surface area contributed by atoms with Crippen LogP contribution in [0.15, 0.2) is 36.4 Å². The molecule has 1 aliphatic carbocycles. The molecule has 0 unspecified atom stereocenters. The summed E-state index contributed by atoms with van der Waals surface area (Å²) in [5, 5.41) is 24.8. The Labute approximate surface area is 163 Å². The summed E-state index contributed by atoms with van der Waals surface area (Å²) < 4.78 is 6.07. The number of nitrogens with one attached hydrogen (secondary N) is 2. The SMILES string of the molecule is CNC(=O)/C=C/c1ccc(-c2ccc(O[C@H]3C[C@@H]4CC[C@H]3CN4)nn2)c(O)c1. The minimum atomic E-state index is -0.202. The Kier molecular flexibility index (Phi) is 5.25. The maximum atomic E-state index is 11.3. The third-order valence-electron chi connectivity index (χ3n) is 5.48. The first-order chi connectivity index (χ1) is 13.6. The molecule has 28 heavy (non-hydrogen) atoms. The topological polar surface area (TPSA) is 96.4 Å². The van der Waals surface area contributed by atoms with Crippen molar-refractivity contribution in [1.82, 2.24) is 20.8 Å². The van der Waals surface area contributed by atoms with Gasteiger partial charge in [-0.1, -0.05) is 6.07 Å². The van der Waals surface area contributed by atoms with Gasteiger partial charge in [0.15, 0.2) is 0 Å². The number of hydrogen-bond donors (Lipinski definition) is 3. The fraction of sp³-hybridized carbons (Fsp3) is 0.381. The van der Waals surface area contributed by atoms with Crippen LogP contribution in [0.5, 0.6) is 11.6 Å². The zero-order chi connectivity index (χ0) is 19.5. The van der Waals surface area contributed by atoms with Gasteiger partial charge in [0.05, 0.1) is 5.69 Å². The van der Waals surface area contributed by atoms with Gasteiger partial charge in [0.1, 0.15) is 11.9 Å². The van der Waals surface area contributed by atoms with E-state index in [9.17, 15) is 9.90 Å². The molecule has 1 aromatic carbocycles. The highest BCUT2D eigenvalue weighted by molar-refractivity contribution is 5.91. The molecule has 2 saturated heterocycles. The van der Waals surface area contributed by atoms with Crippen molar-refractivity contribution >= 4 is 12.0 Å². The van der Waals surface area contributed by atoms with E-state index in [-0.39, 0.29) is 17.8 Å². The summed E-state index contributed by atoms with van der Waals surface area (Å²) >= 11 is 0. The number of carbonyl (C=O) groups excluding carboxylic acids is 1. The van der Waals surface area contributed by atoms with Gasteiger partial charge >= 0.3 is 0 Å². The largest absolute Gasteiger partial charge is 0.507 e. The van der Waals surface area contributed by atoms with Crippen LogP contribution in [0.4, 0.5) is 0 Å². The predicted molar refractivity (Wildman–Crippen MR) is 106 cm³/mol. The summed E-state index contributed by atoms with van der Waals surface area (Å²) in [6.07, 6.45) is 6.68. The summed E-state index contributed by atoms with van der Waals surface area (Å²) in [7, 11) is 1.56. The number of aromatic hydroxyl groups is 1. The van der Waals surface area contributed by atoms with Gasteiger partial charge in [0, 0.05) is 43.3 Å². The Morgan fingerprint density at radius 2 is 2.18 bits per heavy atom. The molecule has 0 radical (unpaired) electrons. The average Bonchev–Trinajstić information content (AvgIpc) is 2.74. The number of carbonyl (C=O) groups is 1. The van der Waals surface area contributed by atoms with Crippen LogP contribution < -0.4 is 15.4 Å². The molecule has 7 heteroatoms. The van der Waals surface area contributed by atoms with E-state index in [0.717, 1.165) is 18.5 Å². The monoisotopic (exact) mass is 380 g/mol. The number of phenols is 1. The molecule has 3 aliphatic rings. The standard InChI is InChI=1S/C21H24N4O3/c1-22-20(27)8-3-13-2-6-16(18(26)10-13)17-7-9-21(25-24-17)28-19-11-15-5-4-14(19)12-23-15/h2-3,6-10,14-15,19,23,26H,4-5,11-12H2,1H3,(H,22,27)/b8-3+/t14-,15-,19-/m0/s1. The molecule has 3 atom stereocenters. The summed E-state index contributed by atoms with van der Waals surface area (Å²) in [6, 6.07) is 9.32. The summed E-state index contributed by atoms with van der Waals surface area (Å²) in [4.78, 5) is 11.3. The summed E-state index contributed by atoms with van der Waals surface area (Å²) in [5.41, 5.74) is 1.87. The van der Waals surface area contributed by atoms with E-state index in [4.69, 9.17) is 4.74 Å². The number of aromatic nitrogens is 2. The van der Waals surface area contributed by atoms with E-state index >= 15 is 0 Å². The number of nitrogens with zero attached hydrogens (tertiary/aromatic N) is 2. The lowest BCUT2D eigenvalue weighted by molar-refractivity contribution is -0.115. The van der Waals surface area contributed by atoms with E-state index in [1.807, 2.05) is 6.07 Å². The van der Waals surface area contributed by atoms with Crippen molar-refractivity contribution in [3.8, 4) is 22.9 Å². The van der Waals surface area contributed by atoms with Gasteiger partial charge in [-0.25, -0.2) is 0 Å². The van der Waals surface area contributed by atoms with Crippen LogP contribution in [0.3, 0.4) is 0 Å². The zero-order valence-electron chi connectivity index (χ0n) is 15.8. The Bertz CT molecular complexity index is 874. The number of likely N-dealkylation sites (N-methyl/N-ethyl adjacent to an activating group) is 1. The first-order valence-corrected chi connectivity index (χ1v) is 9.59. The van der Waals surface area contributed by atoms with Crippen LogP contribution in [0.1, 0.15) is 24.8 Å². The van der Waals surface area contributed by atoms with Crippen LogP contribution in [0.25, 0.3) is 17.3 Å². The average molecular weight is 380 g/mol. The molecule has 1 aromatic heterocycles. The predicted octanol–water partition coefficient (Wildman–Crippen LogP) is 2.13. The zero-order valence-corrected chi connectivity index (χ0v) is 15.8. The Morgan fingerprint density at radius 1 is 1.29 bits per heavy atom. The van der Waals surface area contributed by atoms with Gasteiger partial charge < -0.3 is 20.5 Å². The molecular weight excluding hydrogens is 356 g/mol. The fourth-order valence-corrected chi connectivity index (χ4v) is 3.88. The van der Waals surface area contributed by atoms with Crippen molar-refractivity contribution in [1.29, 1.82) is 0 Å². The third-order valence-corrected chi connectivity index (χ3v) is 5.48. The van der Waals surface area contributed by atoms with Crippen molar-refractivity contribution in [3.63, 3.8) is 0 Å². The molecule has 3 N–H and O–H groups in total. The number of fused-ring (bicyclic) bond motifs is 3. The summed E-state index contributed by atoms with van der Waals surface area (Å²) in [5.74, 6) is 0.932. The molecule has 3 heterocycles. The lowest BCUT2D eigenvalue weighted by Crippen LogP contribution is -2.53. The Balaban J connectivity index is 1.45. The lowest BCUT2D eigenvalue weighted by Gasteiger charge is -2.42. The lowest BCUT2D eigenvalue weighted by atomic mass is 9.79. The van der Waals surface area contributed by atoms with Crippen LogP contribution in [-0.4, -0.2) is 46.9 Å². The van der Waals surface area contributed by atoms with Crippen molar-refractivity contribution < 1.29 is 14.6 Å². The number of hydrogen-bond acceptors (Lipinski definition) is 6. The third kappa shape index (κ3) is 3.99. The van der Waals surface area contributed by atoms with Crippen LogP contribution >= 0.6 is 0 Å². The van der Waals surface area contributed by atoms with E-state index in [1.54, 1.807) is 37.4 Å². The molecule has 2 bridgehead atoms. The quantitative estimate of drug-likeness (QED) is 0.688. The van der Waals surface area contributed by atoms with E-state index in [1.165, 1.54) is 18.9 Å². The second kappa shape index (κ2) is 7.98. The maximum Gasteiger partial charge on any atom is 0.243 e. The van der Waals surface area contributed by atoms with E-state index in [2.05, 4.69) is 20.8 Å². The fourth-order valence-electron chi connectivity index (χ4n) is 3.88. The van der Waals surface area contributed by atoms with Gasteiger partial charge in [-0.05, 0) is 49.1 Å². The molecule has 2 aliphatic heterocycles. The first kappa shape index (κ1) is 18.4. The van der Waals surface area contributed by atoms with Gasteiger partial charge in [0.25, 0.3) is 0 Å². The Morgan fingerprint density at radius 3 is 2.79 bits per heavy atom. The van der Waals surface area contributed by atoms with Gasteiger partial charge in [-0.3, -0.25) is 4.79 Å².